The molecular weight excluding hydrogens is 270 g/mol. The Hall–Kier alpha value is -1.88. The number of carboxylic acids is 1. The summed E-state index contributed by atoms with van der Waals surface area (Å²) in [5.41, 5.74) is -0.486. The standard InChI is InChI=1S/C16H21NO4/c1-11-8-9-13(21-11)14(18)17-10-16(2,15(19)20)12-6-4-3-5-7-12/h3-7,11,13H,8-10H2,1-2H3,(H,17,18)(H,19,20). The van der Waals surface area contributed by atoms with Crippen molar-refractivity contribution in [1.29, 1.82) is 0 Å². The molecule has 0 aliphatic carbocycles. The number of carbonyl (C=O) groups excluding carboxylic acids is 1. The van der Waals surface area contributed by atoms with Crippen LogP contribution in [0.1, 0.15) is 32.3 Å². The second kappa shape index (κ2) is 6.26. The maximum absolute atomic E-state index is 12.1. The van der Waals surface area contributed by atoms with Gasteiger partial charge >= 0.3 is 5.97 Å². The summed E-state index contributed by atoms with van der Waals surface area (Å²) in [5.74, 6) is -1.20. The van der Waals surface area contributed by atoms with Gasteiger partial charge in [-0.1, -0.05) is 30.3 Å². The summed E-state index contributed by atoms with van der Waals surface area (Å²) >= 11 is 0. The highest BCUT2D eigenvalue weighted by atomic mass is 16.5. The third-order valence-electron chi connectivity index (χ3n) is 4.02. The first-order chi connectivity index (χ1) is 9.93. The van der Waals surface area contributed by atoms with E-state index in [1.807, 2.05) is 13.0 Å². The van der Waals surface area contributed by atoms with Crippen molar-refractivity contribution in [2.24, 2.45) is 0 Å². The van der Waals surface area contributed by atoms with Crippen molar-refractivity contribution in [3.8, 4) is 0 Å². The van der Waals surface area contributed by atoms with Gasteiger partial charge in [0.25, 0.3) is 0 Å². The minimum Gasteiger partial charge on any atom is -0.481 e. The van der Waals surface area contributed by atoms with Gasteiger partial charge in [-0.25, -0.2) is 0 Å². The van der Waals surface area contributed by atoms with Crippen LogP contribution < -0.4 is 5.32 Å². The lowest BCUT2D eigenvalue weighted by Gasteiger charge is -2.26. The molecule has 21 heavy (non-hydrogen) atoms. The SMILES string of the molecule is CC1CCC(C(=O)NCC(C)(C(=O)O)c2ccccc2)O1. The lowest BCUT2D eigenvalue weighted by atomic mass is 9.82. The minimum absolute atomic E-state index is 0.0411. The van der Waals surface area contributed by atoms with Gasteiger partial charge in [0, 0.05) is 6.54 Å². The fourth-order valence-corrected chi connectivity index (χ4v) is 2.48. The van der Waals surface area contributed by atoms with Gasteiger partial charge in [-0.15, -0.1) is 0 Å². The van der Waals surface area contributed by atoms with Gasteiger partial charge < -0.3 is 15.2 Å². The summed E-state index contributed by atoms with van der Waals surface area (Å²) in [4.78, 5) is 23.7. The molecule has 3 unspecified atom stereocenters. The summed E-state index contributed by atoms with van der Waals surface area (Å²) in [7, 11) is 0. The molecule has 0 bridgehead atoms. The zero-order chi connectivity index (χ0) is 15.5. The van der Waals surface area contributed by atoms with Gasteiger partial charge in [0.2, 0.25) is 5.91 Å². The van der Waals surface area contributed by atoms with Crippen LogP contribution in [0, 0.1) is 0 Å². The molecule has 1 aromatic carbocycles. The average Bonchev–Trinajstić information content (AvgIpc) is 2.91. The van der Waals surface area contributed by atoms with Gasteiger partial charge in [0.15, 0.2) is 0 Å². The van der Waals surface area contributed by atoms with Gasteiger partial charge in [-0.2, -0.15) is 0 Å². The van der Waals surface area contributed by atoms with E-state index in [4.69, 9.17) is 4.74 Å². The maximum Gasteiger partial charge on any atom is 0.315 e. The first-order valence-corrected chi connectivity index (χ1v) is 7.15. The van der Waals surface area contributed by atoms with E-state index in [-0.39, 0.29) is 18.6 Å². The quantitative estimate of drug-likeness (QED) is 0.866. The van der Waals surface area contributed by atoms with E-state index in [1.54, 1.807) is 31.2 Å². The van der Waals surface area contributed by atoms with E-state index >= 15 is 0 Å². The molecule has 1 aliphatic rings. The van der Waals surface area contributed by atoms with Crippen molar-refractivity contribution >= 4 is 11.9 Å². The topological polar surface area (TPSA) is 75.6 Å². The normalized spacial score (nSPS) is 24.3. The molecule has 1 amide bonds. The molecule has 5 heteroatoms. The van der Waals surface area contributed by atoms with E-state index in [0.717, 1.165) is 6.42 Å². The predicted octanol–water partition coefficient (Wildman–Crippen LogP) is 1.71. The summed E-state index contributed by atoms with van der Waals surface area (Å²) in [6.45, 7) is 3.58. The van der Waals surface area contributed by atoms with Gasteiger partial charge in [0.1, 0.15) is 11.5 Å². The van der Waals surface area contributed by atoms with Gasteiger partial charge in [0.05, 0.1) is 6.10 Å². The molecule has 5 nitrogen and oxygen atoms in total. The maximum atomic E-state index is 12.1. The fraction of sp³-hybridized carbons (Fsp3) is 0.500. The predicted molar refractivity (Wildman–Crippen MR) is 78.0 cm³/mol. The second-order valence-corrected chi connectivity index (χ2v) is 5.73. The Morgan fingerprint density at radius 2 is 2.00 bits per heavy atom. The number of carbonyl (C=O) groups is 2. The lowest BCUT2D eigenvalue weighted by molar-refractivity contribution is -0.143. The third kappa shape index (κ3) is 3.42. The number of hydrogen-bond acceptors (Lipinski definition) is 3. The highest BCUT2D eigenvalue weighted by Crippen LogP contribution is 2.24. The van der Waals surface area contributed by atoms with Crippen LogP contribution in [0.15, 0.2) is 30.3 Å². The molecule has 2 rings (SSSR count). The van der Waals surface area contributed by atoms with Crippen LogP contribution in [0.5, 0.6) is 0 Å². The van der Waals surface area contributed by atoms with Crippen molar-refractivity contribution in [2.45, 2.75) is 44.3 Å². The number of carboxylic acid groups (broad SMARTS) is 1. The number of rotatable bonds is 5. The molecule has 1 fully saturated rings. The third-order valence-corrected chi connectivity index (χ3v) is 4.02. The number of aliphatic carboxylic acids is 1. The largest absolute Gasteiger partial charge is 0.481 e. The van der Waals surface area contributed by atoms with Gasteiger partial charge in [-0.05, 0) is 32.3 Å². The average molecular weight is 291 g/mol. The summed E-state index contributed by atoms with van der Waals surface area (Å²) in [6.07, 6.45) is 1.16. The number of benzene rings is 1. The zero-order valence-electron chi connectivity index (χ0n) is 12.3. The van der Waals surface area contributed by atoms with Crippen molar-refractivity contribution < 1.29 is 19.4 Å². The Morgan fingerprint density at radius 1 is 1.33 bits per heavy atom. The van der Waals surface area contributed by atoms with Crippen LogP contribution in [-0.2, 0) is 19.7 Å². The molecule has 0 spiro atoms. The van der Waals surface area contributed by atoms with E-state index in [1.165, 1.54) is 0 Å². The highest BCUT2D eigenvalue weighted by molar-refractivity contribution is 5.84. The van der Waals surface area contributed by atoms with Gasteiger partial charge in [-0.3, -0.25) is 9.59 Å². The molecule has 1 aliphatic heterocycles. The fourth-order valence-electron chi connectivity index (χ4n) is 2.48. The number of hydrogen-bond donors (Lipinski definition) is 2. The number of amides is 1. The summed E-state index contributed by atoms with van der Waals surface area (Å²) < 4.78 is 5.50. The Bertz CT molecular complexity index is 516. The monoisotopic (exact) mass is 291 g/mol. The van der Waals surface area contributed by atoms with E-state index in [2.05, 4.69) is 5.32 Å². The molecule has 3 atom stereocenters. The second-order valence-electron chi connectivity index (χ2n) is 5.73. The van der Waals surface area contributed by atoms with Crippen LogP contribution in [0.25, 0.3) is 0 Å². The molecule has 1 heterocycles. The smallest absolute Gasteiger partial charge is 0.315 e. The summed E-state index contributed by atoms with van der Waals surface area (Å²) in [6, 6.07) is 8.93. The van der Waals surface area contributed by atoms with Crippen LogP contribution in [-0.4, -0.2) is 35.7 Å². The number of nitrogens with one attached hydrogen (secondary N) is 1. The molecule has 0 radical (unpaired) electrons. The zero-order valence-corrected chi connectivity index (χ0v) is 12.3. The van der Waals surface area contributed by atoms with E-state index < -0.39 is 17.5 Å². The summed E-state index contributed by atoms with van der Waals surface area (Å²) in [5, 5.41) is 12.2. The molecule has 0 saturated carbocycles. The first kappa shape index (κ1) is 15.5. The molecule has 1 saturated heterocycles. The Morgan fingerprint density at radius 3 is 2.52 bits per heavy atom. The van der Waals surface area contributed by atoms with Crippen LogP contribution in [0.3, 0.4) is 0 Å². The number of ether oxygens (including phenoxy) is 1. The van der Waals surface area contributed by atoms with Crippen molar-refractivity contribution in [3.63, 3.8) is 0 Å². The molecule has 114 valence electrons. The van der Waals surface area contributed by atoms with E-state index in [0.29, 0.717) is 12.0 Å². The lowest BCUT2D eigenvalue weighted by Crippen LogP contribution is -2.47. The molecular formula is C16H21NO4. The highest BCUT2D eigenvalue weighted by Gasteiger charge is 2.37. The Labute approximate surface area is 124 Å². The van der Waals surface area contributed by atoms with Crippen LogP contribution >= 0.6 is 0 Å². The van der Waals surface area contributed by atoms with Crippen molar-refractivity contribution in [3.05, 3.63) is 35.9 Å². The Kier molecular flexibility index (Phi) is 4.63. The minimum atomic E-state index is -1.15. The Balaban J connectivity index is 2.04. The molecule has 2 N–H and O–H groups in total. The molecule has 1 aromatic rings. The van der Waals surface area contributed by atoms with E-state index in [9.17, 15) is 14.7 Å². The van der Waals surface area contributed by atoms with Crippen LogP contribution in [0.2, 0.25) is 0 Å². The van der Waals surface area contributed by atoms with Crippen molar-refractivity contribution in [1.82, 2.24) is 5.32 Å². The van der Waals surface area contributed by atoms with Crippen molar-refractivity contribution in [2.75, 3.05) is 6.54 Å². The molecule has 0 aromatic heterocycles. The first-order valence-electron chi connectivity index (χ1n) is 7.15. The van der Waals surface area contributed by atoms with Crippen LogP contribution in [0.4, 0.5) is 0 Å².